The fourth-order valence-corrected chi connectivity index (χ4v) is 10.6. The Hall–Kier alpha value is -10.6. The van der Waals surface area contributed by atoms with Crippen LogP contribution in [0.3, 0.4) is 0 Å². The lowest BCUT2D eigenvalue weighted by Crippen LogP contribution is -1.99. The lowest BCUT2D eigenvalue weighted by molar-refractivity contribution is 1.18. The van der Waals surface area contributed by atoms with Crippen molar-refractivity contribution in [1.82, 2.24) is 19.1 Å². The number of pyridine rings is 2. The van der Waals surface area contributed by atoms with E-state index in [2.05, 4.69) is 116 Å². The van der Waals surface area contributed by atoms with Crippen molar-refractivity contribution in [1.29, 1.82) is 10.5 Å². The van der Waals surface area contributed by atoms with Crippen molar-refractivity contribution in [3.8, 4) is 68.3 Å². The Balaban J connectivity index is 1.14. The maximum absolute atomic E-state index is 9.98. The standard InChI is InChI=1S/C64H34N8/c1-67-45-17-27-61-53(31-45)51-29-39(35-65)13-25-59(51)71(61)47-19-21-49-55(33-47)63(57-23-15-43(37-69-57)41-9-5-3-6-10-41)50-22-20-48(34-56(50)64(49)58-24-16-44(38-70-58)42-11-7-4-8-12-42)72-60-26-14-40(36-66)30-52(60)54-32-46(68-2)18-28-62(54)72/h3-34,37-38H. The highest BCUT2D eigenvalue weighted by Crippen LogP contribution is 2.46. The largest absolute Gasteiger partial charge is 0.309 e. The number of hydrogen-bond donors (Lipinski definition) is 0. The van der Waals surface area contributed by atoms with E-state index >= 15 is 0 Å². The average Bonchev–Trinajstić information content (AvgIpc) is 3.95. The minimum Gasteiger partial charge on any atom is -0.309 e. The van der Waals surface area contributed by atoms with Gasteiger partial charge in [-0.2, -0.15) is 10.5 Å². The summed E-state index contributed by atoms with van der Waals surface area (Å²) in [6.07, 6.45) is 3.88. The van der Waals surface area contributed by atoms with Crippen LogP contribution in [-0.4, -0.2) is 19.1 Å². The molecule has 0 saturated heterocycles. The number of fused-ring (bicyclic) bond motifs is 8. The maximum Gasteiger partial charge on any atom is 0.188 e. The summed E-state index contributed by atoms with van der Waals surface area (Å²) in [6.45, 7) is 15.7. The van der Waals surface area contributed by atoms with Gasteiger partial charge in [-0.25, -0.2) is 9.69 Å². The number of benzene rings is 9. The minimum atomic E-state index is 0.525. The number of rotatable bonds is 6. The zero-order chi connectivity index (χ0) is 48.5. The van der Waals surface area contributed by atoms with Crippen LogP contribution < -0.4 is 0 Å². The highest BCUT2D eigenvalue weighted by atomic mass is 15.0. The van der Waals surface area contributed by atoms with Crippen molar-refractivity contribution >= 4 is 76.5 Å². The van der Waals surface area contributed by atoms with Crippen molar-refractivity contribution in [2.45, 2.75) is 0 Å². The molecule has 0 aliphatic heterocycles. The van der Waals surface area contributed by atoms with E-state index in [1.54, 1.807) is 0 Å². The second-order valence-electron chi connectivity index (χ2n) is 17.8. The molecule has 8 nitrogen and oxygen atoms in total. The summed E-state index contributed by atoms with van der Waals surface area (Å²) in [7, 11) is 0. The number of nitrogens with zero attached hydrogens (tertiary/aromatic N) is 8. The fraction of sp³-hybridized carbons (Fsp3) is 0. The lowest BCUT2D eigenvalue weighted by atomic mass is 9.87. The fourth-order valence-electron chi connectivity index (χ4n) is 10.6. The molecule has 330 valence electrons. The van der Waals surface area contributed by atoms with Gasteiger partial charge in [0, 0.05) is 56.8 Å². The van der Waals surface area contributed by atoms with Crippen LogP contribution >= 0.6 is 0 Å². The van der Waals surface area contributed by atoms with E-state index < -0.39 is 0 Å². The van der Waals surface area contributed by atoms with Gasteiger partial charge in [0.05, 0.1) is 69.9 Å². The molecule has 9 aromatic carbocycles. The predicted molar refractivity (Wildman–Crippen MR) is 289 cm³/mol. The Morgan fingerprint density at radius 1 is 0.361 bits per heavy atom. The van der Waals surface area contributed by atoms with Gasteiger partial charge in [0.25, 0.3) is 0 Å². The summed E-state index contributed by atoms with van der Waals surface area (Å²) in [5.41, 5.74) is 15.2. The number of aromatic nitrogens is 4. The predicted octanol–water partition coefficient (Wildman–Crippen LogP) is 16.5. The molecule has 0 saturated carbocycles. The van der Waals surface area contributed by atoms with Crippen molar-refractivity contribution < 1.29 is 0 Å². The molecule has 4 heterocycles. The van der Waals surface area contributed by atoms with Crippen LogP contribution in [0.1, 0.15) is 11.1 Å². The Morgan fingerprint density at radius 3 is 1.14 bits per heavy atom. The van der Waals surface area contributed by atoms with E-state index in [4.69, 9.17) is 23.1 Å². The van der Waals surface area contributed by atoms with Gasteiger partial charge in [0.1, 0.15) is 0 Å². The molecule has 4 aromatic heterocycles. The molecule has 8 heteroatoms. The molecule has 0 bridgehead atoms. The van der Waals surface area contributed by atoms with Gasteiger partial charge in [-0.1, -0.05) is 97.1 Å². The topological polar surface area (TPSA) is 91.9 Å². The van der Waals surface area contributed by atoms with Crippen molar-refractivity contribution in [3.05, 3.63) is 240 Å². The Kier molecular flexibility index (Phi) is 9.55. The van der Waals surface area contributed by atoms with Crippen LogP contribution in [0.5, 0.6) is 0 Å². The molecule has 72 heavy (non-hydrogen) atoms. The van der Waals surface area contributed by atoms with Gasteiger partial charge in [-0.15, -0.1) is 0 Å². The third-order valence-corrected chi connectivity index (χ3v) is 13.9. The van der Waals surface area contributed by atoms with Gasteiger partial charge >= 0.3 is 0 Å². The van der Waals surface area contributed by atoms with Gasteiger partial charge in [0.2, 0.25) is 0 Å². The summed E-state index contributed by atoms with van der Waals surface area (Å²) in [5, 5.41) is 27.4. The molecule has 13 aromatic rings. The van der Waals surface area contributed by atoms with Crippen LogP contribution in [0.4, 0.5) is 11.4 Å². The van der Waals surface area contributed by atoms with E-state index in [0.717, 1.165) is 121 Å². The zero-order valence-corrected chi connectivity index (χ0v) is 38.2. The second kappa shape index (κ2) is 16.6. The molecule has 0 amide bonds. The van der Waals surface area contributed by atoms with Crippen molar-refractivity contribution in [2.24, 2.45) is 0 Å². The van der Waals surface area contributed by atoms with E-state index in [1.165, 1.54) is 0 Å². The minimum absolute atomic E-state index is 0.525. The SMILES string of the molecule is [C-]#[N+]c1ccc2c(c1)c1cc(C#N)ccc1n2-c1ccc2c(-c3ccc(-c4ccccc4)cn3)c3cc(-n4c5ccc(C#N)cc5c5cc([N+]#[C-])ccc54)ccc3c(-c3ccc(-c4ccccc4)cn3)c2c1. The van der Waals surface area contributed by atoms with E-state index in [1.807, 2.05) is 122 Å². The quantitative estimate of drug-likeness (QED) is 0.123. The molecule has 13 rings (SSSR count). The normalized spacial score (nSPS) is 11.3. The van der Waals surface area contributed by atoms with Crippen LogP contribution in [0, 0.1) is 35.8 Å². The Morgan fingerprint density at radius 2 is 0.764 bits per heavy atom. The number of nitriles is 2. The summed E-state index contributed by atoms with van der Waals surface area (Å²) < 4.78 is 4.43. The van der Waals surface area contributed by atoms with Crippen LogP contribution in [0.25, 0.3) is 131 Å². The third-order valence-electron chi connectivity index (χ3n) is 13.9. The molecule has 0 atom stereocenters. The molecule has 0 radical (unpaired) electrons. The molecular weight excluding hydrogens is 881 g/mol. The first-order valence-corrected chi connectivity index (χ1v) is 23.3. The van der Waals surface area contributed by atoms with E-state index in [0.29, 0.717) is 22.5 Å². The van der Waals surface area contributed by atoms with Crippen LogP contribution in [0.15, 0.2) is 207 Å². The smallest absolute Gasteiger partial charge is 0.188 e. The summed E-state index contributed by atoms with van der Waals surface area (Å²) in [5.74, 6) is 0. The average molecular weight is 915 g/mol. The molecule has 0 aliphatic carbocycles. The maximum atomic E-state index is 9.98. The molecule has 0 spiro atoms. The Bertz CT molecular complexity index is 4140. The number of hydrogen-bond acceptors (Lipinski definition) is 4. The van der Waals surface area contributed by atoms with Gasteiger partial charge < -0.3 is 9.13 Å². The molecule has 0 fully saturated rings. The highest BCUT2D eigenvalue weighted by molar-refractivity contribution is 6.22. The molecule has 0 aliphatic rings. The first-order chi connectivity index (χ1) is 35.5. The third kappa shape index (κ3) is 6.57. The van der Waals surface area contributed by atoms with Gasteiger partial charge in [0.15, 0.2) is 11.4 Å². The molecular formula is C64H34N8. The highest BCUT2D eigenvalue weighted by Gasteiger charge is 2.23. The van der Waals surface area contributed by atoms with Crippen molar-refractivity contribution in [2.75, 3.05) is 0 Å². The van der Waals surface area contributed by atoms with Crippen molar-refractivity contribution in [3.63, 3.8) is 0 Å². The van der Waals surface area contributed by atoms with E-state index in [-0.39, 0.29) is 0 Å². The van der Waals surface area contributed by atoms with Crippen LogP contribution in [-0.2, 0) is 0 Å². The Labute approximate surface area is 413 Å². The zero-order valence-electron chi connectivity index (χ0n) is 38.2. The van der Waals surface area contributed by atoms with E-state index in [9.17, 15) is 10.5 Å². The summed E-state index contributed by atoms with van der Waals surface area (Å²) >= 11 is 0. The monoisotopic (exact) mass is 914 g/mol. The first kappa shape index (κ1) is 41.5. The first-order valence-electron chi connectivity index (χ1n) is 23.3. The molecule has 0 unspecified atom stereocenters. The summed E-state index contributed by atoms with van der Waals surface area (Å²) in [6, 6.07) is 69.7. The van der Waals surface area contributed by atoms with Crippen LogP contribution in [0.2, 0.25) is 0 Å². The summed E-state index contributed by atoms with van der Waals surface area (Å²) in [4.78, 5) is 18.0. The lowest BCUT2D eigenvalue weighted by Gasteiger charge is -2.20. The molecule has 0 N–H and O–H groups in total. The van der Waals surface area contributed by atoms with Gasteiger partial charge in [-0.05, 0) is 141 Å². The second-order valence-corrected chi connectivity index (χ2v) is 17.8. The van der Waals surface area contributed by atoms with Gasteiger partial charge in [-0.3, -0.25) is 9.97 Å².